The molecule has 2 aromatic rings. The normalized spacial score (nSPS) is 24.2. The van der Waals surface area contributed by atoms with E-state index in [2.05, 4.69) is 41.3 Å². The molecule has 0 bridgehead atoms. The molecule has 1 aliphatic carbocycles. The van der Waals surface area contributed by atoms with E-state index >= 15 is 0 Å². The van der Waals surface area contributed by atoms with Crippen molar-refractivity contribution in [1.82, 2.24) is 19.8 Å². The number of aromatic nitrogens is 4. The van der Waals surface area contributed by atoms with E-state index < -0.39 is 0 Å². The third-order valence-electron chi connectivity index (χ3n) is 3.47. The van der Waals surface area contributed by atoms with Crippen LogP contribution in [0.1, 0.15) is 24.7 Å². The summed E-state index contributed by atoms with van der Waals surface area (Å²) < 4.78 is 1.78. The molecule has 0 aromatic carbocycles. The first-order valence-corrected chi connectivity index (χ1v) is 6.72. The zero-order valence-electron chi connectivity index (χ0n) is 10.6. The number of allylic oxidation sites excluding steroid dienone is 2. The Morgan fingerprint density at radius 2 is 2.06 bits per heavy atom. The minimum atomic E-state index is 0.0699. The van der Waals surface area contributed by atoms with Crippen molar-refractivity contribution in [2.75, 3.05) is 0 Å². The van der Waals surface area contributed by atoms with Gasteiger partial charge in [-0.25, -0.2) is 0 Å². The molecule has 0 radical (unpaired) electrons. The van der Waals surface area contributed by atoms with E-state index in [1.54, 1.807) is 15.9 Å². The Kier molecular flexibility index (Phi) is 2.57. The summed E-state index contributed by atoms with van der Waals surface area (Å²) in [6.45, 7) is 6.11. The zero-order valence-corrected chi connectivity index (χ0v) is 11.4. The van der Waals surface area contributed by atoms with Gasteiger partial charge in [0.1, 0.15) is 5.01 Å². The van der Waals surface area contributed by atoms with Gasteiger partial charge in [-0.2, -0.15) is 9.61 Å². The summed E-state index contributed by atoms with van der Waals surface area (Å²) in [5.74, 6) is 1.09. The van der Waals surface area contributed by atoms with Crippen molar-refractivity contribution in [2.45, 2.75) is 26.8 Å². The van der Waals surface area contributed by atoms with Crippen LogP contribution in [0.25, 0.3) is 10.5 Å². The summed E-state index contributed by atoms with van der Waals surface area (Å²) in [5.41, 5.74) is 8.58. The minimum absolute atomic E-state index is 0.0699. The molecule has 0 amide bonds. The van der Waals surface area contributed by atoms with Crippen LogP contribution in [0, 0.1) is 12.8 Å². The van der Waals surface area contributed by atoms with E-state index in [9.17, 15) is 0 Å². The lowest BCUT2D eigenvalue weighted by Gasteiger charge is -2.25. The second-order valence-electron chi connectivity index (χ2n) is 4.70. The van der Waals surface area contributed by atoms with Gasteiger partial charge in [-0.1, -0.05) is 36.0 Å². The molecular weight excluding hydrogens is 246 g/mol. The van der Waals surface area contributed by atoms with E-state index in [1.165, 1.54) is 11.1 Å². The summed E-state index contributed by atoms with van der Waals surface area (Å²) >= 11 is 1.56. The zero-order chi connectivity index (χ0) is 12.9. The largest absolute Gasteiger partial charge is 0.324 e. The van der Waals surface area contributed by atoms with Crippen LogP contribution in [0.3, 0.4) is 0 Å². The van der Waals surface area contributed by atoms with Gasteiger partial charge in [-0.05, 0) is 19.4 Å². The fraction of sp³-hybridized carbons (Fsp3) is 0.417. The standard InChI is InChI=1S/C12H15N5S/c1-6-4-5-9(7(2)10(6)13)11-16-17-8(3)14-15-12(17)18-11/h4-5,7,10H,13H2,1-3H3. The van der Waals surface area contributed by atoms with Crippen LogP contribution in [0.4, 0.5) is 0 Å². The SMILES string of the molecule is CC1=CC=C(c2nn3c(C)nnc3s2)C(C)C1N. The van der Waals surface area contributed by atoms with Gasteiger partial charge in [0.25, 0.3) is 0 Å². The highest BCUT2D eigenvalue weighted by molar-refractivity contribution is 7.17. The maximum Gasteiger partial charge on any atom is 0.234 e. The van der Waals surface area contributed by atoms with Crippen LogP contribution in [-0.2, 0) is 0 Å². The van der Waals surface area contributed by atoms with E-state index in [0.717, 1.165) is 15.8 Å². The molecule has 3 rings (SSSR count). The first-order valence-electron chi connectivity index (χ1n) is 5.91. The monoisotopic (exact) mass is 261 g/mol. The first-order chi connectivity index (χ1) is 8.58. The molecule has 2 heterocycles. The molecule has 5 nitrogen and oxygen atoms in total. The van der Waals surface area contributed by atoms with Crippen LogP contribution >= 0.6 is 11.3 Å². The van der Waals surface area contributed by atoms with Crippen molar-refractivity contribution in [1.29, 1.82) is 0 Å². The molecule has 2 N–H and O–H groups in total. The van der Waals surface area contributed by atoms with Crippen LogP contribution in [0.15, 0.2) is 17.7 Å². The molecule has 0 saturated carbocycles. The summed E-state index contributed by atoms with van der Waals surface area (Å²) in [5, 5.41) is 13.6. The molecule has 1 aliphatic rings. The number of rotatable bonds is 1. The second-order valence-corrected chi connectivity index (χ2v) is 5.65. The third-order valence-corrected chi connectivity index (χ3v) is 4.42. The third kappa shape index (κ3) is 1.60. The van der Waals surface area contributed by atoms with Gasteiger partial charge in [0.15, 0.2) is 5.82 Å². The summed E-state index contributed by atoms with van der Waals surface area (Å²) in [6.07, 6.45) is 4.19. The van der Waals surface area contributed by atoms with Crippen molar-refractivity contribution in [3.05, 3.63) is 28.6 Å². The van der Waals surface area contributed by atoms with E-state index in [0.29, 0.717) is 0 Å². The summed E-state index contributed by atoms with van der Waals surface area (Å²) in [6, 6.07) is 0.0699. The molecule has 2 aromatic heterocycles. The highest BCUT2D eigenvalue weighted by Crippen LogP contribution is 2.33. The average molecular weight is 261 g/mol. The number of fused-ring (bicyclic) bond motifs is 1. The lowest BCUT2D eigenvalue weighted by atomic mass is 9.85. The molecule has 0 fully saturated rings. The molecule has 0 saturated heterocycles. The smallest absolute Gasteiger partial charge is 0.234 e. The topological polar surface area (TPSA) is 69.1 Å². The maximum atomic E-state index is 6.18. The fourth-order valence-electron chi connectivity index (χ4n) is 2.17. The molecule has 2 unspecified atom stereocenters. The van der Waals surface area contributed by atoms with Crippen molar-refractivity contribution in [2.24, 2.45) is 11.7 Å². The number of aryl methyl sites for hydroxylation is 1. The van der Waals surface area contributed by atoms with Crippen LogP contribution < -0.4 is 5.73 Å². The molecular formula is C12H15N5S. The molecule has 0 aliphatic heterocycles. The first kappa shape index (κ1) is 11.6. The predicted molar refractivity (Wildman–Crippen MR) is 72.3 cm³/mol. The van der Waals surface area contributed by atoms with Crippen molar-refractivity contribution in [3.8, 4) is 0 Å². The molecule has 2 atom stereocenters. The van der Waals surface area contributed by atoms with Gasteiger partial charge in [-0.15, -0.1) is 10.2 Å². The Hall–Kier alpha value is -1.53. The highest BCUT2D eigenvalue weighted by Gasteiger charge is 2.25. The molecule has 18 heavy (non-hydrogen) atoms. The molecule has 0 spiro atoms. The Morgan fingerprint density at radius 3 is 2.78 bits per heavy atom. The summed E-state index contributed by atoms with van der Waals surface area (Å²) in [4.78, 5) is 0.829. The maximum absolute atomic E-state index is 6.18. The fourth-order valence-corrected chi connectivity index (χ4v) is 3.18. The van der Waals surface area contributed by atoms with Crippen molar-refractivity contribution >= 4 is 21.9 Å². The Bertz CT molecular complexity index is 663. The quantitative estimate of drug-likeness (QED) is 0.850. The second kappa shape index (κ2) is 4.00. The predicted octanol–water partition coefficient (Wildman–Crippen LogP) is 1.80. The minimum Gasteiger partial charge on any atom is -0.324 e. The van der Waals surface area contributed by atoms with Crippen LogP contribution in [-0.4, -0.2) is 25.9 Å². The van der Waals surface area contributed by atoms with Crippen LogP contribution in [0.5, 0.6) is 0 Å². The van der Waals surface area contributed by atoms with Gasteiger partial charge in [0.2, 0.25) is 4.96 Å². The van der Waals surface area contributed by atoms with Gasteiger partial charge >= 0.3 is 0 Å². The summed E-state index contributed by atoms with van der Waals surface area (Å²) in [7, 11) is 0. The lowest BCUT2D eigenvalue weighted by molar-refractivity contribution is 0.611. The molecule has 6 heteroatoms. The van der Waals surface area contributed by atoms with Gasteiger partial charge in [0.05, 0.1) is 0 Å². The Labute approximate surface area is 109 Å². The number of nitrogens with two attached hydrogens (primary N) is 1. The lowest BCUT2D eigenvalue weighted by Crippen LogP contribution is -2.31. The molecule has 94 valence electrons. The van der Waals surface area contributed by atoms with Crippen molar-refractivity contribution in [3.63, 3.8) is 0 Å². The van der Waals surface area contributed by atoms with Gasteiger partial charge in [0, 0.05) is 12.0 Å². The average Bonchev–Trinajstić information content (AvgIpc) is 2.89. The van der Waals surface area contributed by atoms with E-state index in [1.807, 2.05) is 6.92 Å². The Morgan fingerprint density at radius 1 is 1.28 bits per heavy atom. The number of nitrogens with zero attached hydrogens (tertiary/aromatic N) is 4. The van der Waals surface area contributed by atoms with E-state index in [4.69, 9.17) is 5.73 Å². The number of hydrogen-bond donors (Lipinski definition) is 1. The van der Waals surface area contributed by atoms with Gasteiger partial charge in [-0.3, -0.25) is 0 Å². The Balaban J connectivity index is 2.09. The highest BCUT2D eigenvalue weighted by atomic mass is 32.1. The van der Waals surface area contributed by atoms with Crippen LogP contribution in [0.2, 0.25) is 0 Å². The van der Waals surface area contributed by atoms with E-state index in [-0.39, 0.29) is 12.0 Å². The van der Waals surface area contributed by atoms with Crippen molar-refractivity contribution < 1.29 is 0 Å². The number of hydrogen-bond acceptors (Lipinski definition) is 5. The van der Waals surface area contributed by atoms with Gasteiger partial charge < -0.3 is 5.73 Å².